The second-order valence-corrected chi connectivity index (χ2v) is 6.25. The van der Waals surface area contributed by atoms with E-state index in [9.17, 15) is 18.8 Å². The molecule has 1 aliphatic rings. The summed E-state index contributed by atoms with van der Waals surface area (Å²) in [6.45, 7) is 3.09. The lowest BCUT2D eigenvalue weighted by Gasteiger charge is -2.22. The summed E-state index contributed by atoms with van der Waals surface area (Å²) in [5, 5.41) is 2.65. The molecule has 0 unspecified atom stereocenters. The largest absolute Gasteiger partial charge is 0.325 e. The second kappa shape index (κ2) is 6.12. The van der Waals surface area contributed by atoms with Gasteiger partial charge < -0.3 is 5.32 Å². The van der Waals surface area contributed by atoms with Gasteiger partial charge in [0.1, 0.15) is 11.4 Å². The second-order valence-electron chi connectivity index (χ2n) is 6.25. The molecule has 6 heteroatoms. The minimum absolute atomic E-state index is 0.115. The molecule has 128 valence electrons. The number of imide groups is 1. The van der Waals surface area contributed by atoms with Crippen LogP contribution in [0.1, 0.15) is 28.4 Å². The third-order valence-corrected chi connectivity index (χ3v) is 4.35. The Labute approximate surface area is 144 Å². The van der Waals surface area contributed by atoms with Crippen LogP contribution in [-0.2, 0) is 10.3 Å². The fourth-order valence-corrected chi connectivity index (χ4v) is 2.82. The van der Waals surface area contributed by atoms with Gasteiger partial charge >= 0.3 is 6.03 Å². The molecule has 1 atom stereocenters. The van der Waals surface area contributed by atoms with Crippen molar-refractivity contribution in [2.75, 3.05) is 6.54 Å². The van der Waals surface area contributed by atoms with Gasteiger partial charge in [-0.3, -0.25) is 14.5 Å². The van der Waals surface area contributed by atoms with Gasteiger partial charge in [0.2, 0.25) is 0 Å². The molecule has 0 bridgehead atoms. The first-order valence-electron chi connectivity index (χ1n) is 7.81. The van der Waals surface area contributed by atoms with Gasteiger partial charge in [0, 0.05) is 5.56 Å². The number of nitrogens with zero attached hydrogens (tertiary/aromatic N) is 1. The number of amides is 3. The van der Waals surface area contributed by atoms with Crippen LogP contribution in [0, 0.1) is 12.7 Å². The molecule has 1 fully saturated rings. The van der Waals surface area contributed by atoms with Gasteiger partial charge in [-0.05, 0) is 31.5 Å². The van der Waals surface area contributed by atoms with E-state index in [2.05, 4.69) is 5.32 Å². The van der Waals surface area contributed by atoms with E-state index in [1.807, 2.05) is 19.1 Å². The molecule has 0 radical (unpaired) electrons. The summed E-state index contributed by atoms with van der Waals surface area (Å²) < 4.78 is 13.3. The molecular weight excluding hydrogens is 323 g/mol. The highest BCUT2D eigenvalue weighted by molar-refractivity contribution is 6.11. The number of nitrogens with one attached hydrogen (secondary N) is 1. The third kappa shape index (κ3) is 3.03. The zero-order valence-corrected chi connectivity index (χ0v) is 13.9. The highest BCUT2D eigenvalue weighted by Gasteiger charge is 2.49. The van der Waals surface area contributed by atoms with Crippen molar-refractivity contribution in [1.82, 2.24) is 10.2 Å². The quantitative estimate of drug-likeness (QED) is 0.687. The number of hydrogen-bond donors (Lipinski definition) is 1. The van der Waals surface area contributed by atoms with Crippen LogP contribution in [0.2, 0.25) is 0 Å². The first-order valence-corrected chi connectivity index (χ1v) is 7.81. The predicted octanol–water partition coefficient (Wildman–Crippen LogP) is 2.78. The SMILES string of the molecule is Cc1ccc([C@]2(C)NC(=O)N(CC(=O)c3cccc(F)c3)C2=O)cc1. The van der Waals surface area contributed by atoms with E-state index in [0.717, 1.165) is 16.5 Å². The van der Waals surface area contributed by atoms with E-state index in [-0.39, 0.29) is 5.56 Å². The van der Waals surface area contributed by atoms with Crippen LogP contribution in [0.4, 0.5) is 9.18 Å². The zero-order chi connectivity index (χ0) is 18.2. The lowest BCUT2D eigenvalue weighted by molar-refractivity contribution is -0.130. The maximum atomic E-state index is 13.3. The van der Waals surface area contributed by atoms with Gasteiger partial charge in [0.25, 0.3) is 5.91 Å². The summed E-state index contributed by atoms with van der Waals surface area (Å²) in [4.78, 5) is 38.2. The van der Waals surface area contributed by atoms with E-state index in [4.69, 9.17) is 0 Å². The number of halogens is 1. The Morgan fingerprint density at radius 1 is 1.16 bits per heavy atom. The Morgan fingerprint density at radius 3 is 2.48 bits per heavy atom. The maximum Gasteiger partial charge on any atom is 0.325 e. The maximum absolute atomic E-state index is 13.3. The van der Waals surface area contributed by atoms with Gasteiger partial charge in [-0.15, -0.1) is 0 Å². The Kier molecular flexibility index (Phi) is 4.12. The summed E-state index contributed by atoms with van der Waals surface area (Å²) >= 11 is 0. The molecule has 0 aromatic heterocycles. The number of urea groups is 1. The molecule has 1 saturated heterocycles. The van der Waals surface area contributed by atoms with Crippen molar-refractivity contribution in [2.45, 2.75) is 19.4 Å². The molecule has 1 N–H and O–H groups in total. The van der Waals surface area contributed by atoms with Crippen molar-refractivity contribution >= 4 is 17.7 Å². The number of ketones is 1. The van der Waals surface area contributed by atoms with Crippen molar-refractivity contribution in [3.8, 4) is 0 Å². The van der Waals surface area contributed by atoms with Crippen LogP contribution < -0.4 is 5.32 Å². The average Bonchev–Trinajstić information content (AvgIpc) is 2.79. The standard InChI is InChI=1S/C19H17FN2O3/c1-12-6-8-14(9-7-12)19(2)17(24)22(18(25)21-19)11-16(23)13-4-3-5-15(20)10-13/h3-10H,11H2,1-2H3,(H,21,25)/t19-/m0/s1. The monoisotopic (exact) mass is 340 g/mol. The van der Waals surface area contributed by atoms with Crippen LogP contribution in [0.5, 0.6) is 0 Å². The first-order chi connectivity index (χ1) is 11.8. The van der Waals surface area contributed by atoms with E-state index < -0.39 is 35.6 Å². The third-order valence-electron chi connectivity index (χ3n) is 4.35. The Bertz CT molecular complexity index is 863. The summed E-state index contributed by atoms with van der Waals surface area (Å²) in [7, 11) is 0. The van der Waals surface area contributed by atoms with Gasteiger partial charge in [-0.25, -0.2) is 9.18 Å². The summed E-state index contributed by atoms with van der Waals surface area (Å²) in [6, 6.07) is 11.8. The number of carbonyl (C=O) groups excluding carboxylic acids is 3. The smallest absolute Gasteiger partial charge is 0.319 e. The molecule has 0 aliphatic carbocycles. The number of Topliss-reactive ketones (excluding diaryl/α,β-unsaturated/α-hetero) is 1. The fourth-order valence-electron chi connectivity index (χ4n) is 2.82. The molecule has 1 aliphatic heterocycles. The van der Waals surface area contributed by atoms with Gasteiger partial charge in [0.15, 0.2) is 5.78 Å². The number of rotatable bonds is 4. The van der Waals surface area contributed by atoms with Crippen LogP contribution in [0.25, 0.3) is 0 Å². The molecule has 2 aromatic rings. The predicted molar refractivity (Wildman–Crippen MR) is 89.5 cm³/mol. The van der Waals surface area contributed by atoms with E-state index >= 15 is 0 Å². The number of aryl methyl sites for hydroxylation is 1. The first kappa shape index (κ1) is 16.8. The minimum atomic E-state index is -1.23. The highest BCUT2D eigenvalue weighted by Crippen LogP contribution is 2.29. The number of hydrogen-bond acceptors (Lipinski definition) is 3. The molecule has 2 aromatic carbocycles. The van der Waals surface area contributed by atoms with Crippen molar-refractivity contribution in [3.05, 3.63) is 71.0 Å². The van der Waals surface area contributed by atoms with Gasteiger partial charge in [0.05, 0.1) is 6.54 Å². The summed E-state index contributed by atoms with van der Waals surface area (Å²) in [6.07, 6.45) is 0. The van der Waals surface area contributed by atoms with Crippen LogP contribution in [0.3, 0.4) is 0 Å². The summed E-state index contributed by atoms with van der Waals surface area (Å²) in [5.74, 6) is -1.56. The Hall–Kier alpha value is -3.02. The molecule has 3 rings (SSSR count). The minimum Gasteiger partial charge on any atom is -0.319 e. The van der Waals surface area contributed by atoms with Crippen LogP contribution in [-0.4, -0.2) is 29.2 Å². The molecule has 0 spiro atoms. The van der Waals surface area contributed by atoms with Crippen molar-refractivity contribution in [1.29, 1.82) is 0 Å². The van der Waals surface area contributed by atoms with Crippen molar-refractivity contribution in [2.24, 2.45) is 0 Å². The number of benzene rings is 2. The Balaban J connectivity index is 1.84. The van der Waals surface area contributed by atoms with Gasteiger partial charge in [-0.1, -0.05) is 42.0 Å². The van der Waals surface area contributed by atoms with E-state index in [0.29, 0.717) is 5.56 Å². The van der Waals surface area contributed by atoms with Crippen LogP contribution >= 0.6 is 0 Å². The van der Waals surface area contributed by atoms with Gasteiger partial charge in [-0.2, -0.15) is 0 Å². The Morgan fingerprint density at radius 2 is 1.84 bits per heavy atom. The number of carbonyl (C=O) groups is 3. The van der Waals surface area contributed by atoms with Crippen molar-refractivity contribution in [3.63, 3.8) is 0 Å². The molecule has 5 nitrogen and oxygen atoms in total. The fraction of sp³-hybridized carbons (Fsp3) is 0.211. The molecule has 3 amide bonds. The molecule has 25 heavy (non-hydrogen) atoms. The lowest BCUT2D eigenvalue weighted by atomic mass is 9.91. The molecular formula is C19H17FN2O3. The van der Waals surface area contributed by atoms with E-state index in [1.54, 1.807) is 19.1 Å². The van der Waals surface area contributed by atoms with E-state index in [1.165, 1.54) is 18.2 Å². The normalized spacial score (nSPS) is 19.9. The van der Waals surface area contributed by atoms with Crippen LogP contribution in [0.15, 0.2) is 48.5 Å². The summed E-state index contributed by atoms with van der Waals surface area (Å²) in [5.41, 5.74) is 0.552. The highest BCUT2D eigenvalue weighted by atomic mass is 19.1. The zero-order valence-electron chi connectivity index (χ0n) is 13.9. The van der Waals surface area contributed by atoms with Crippen molar-refractivity contribution < 1.29 is 18.8 Å². The molecule has 1 heterocycles. The topological polar surface area (TPSA) is 66.5 Å². The molecule has 0 saturated carbocycles. The lowest BCUT2D eigenvalue weighted by Crippen LogP contribution is -2.41. The average molecular weight is 340 g/mol.